The van der Waals surface area contributed by atoms with Crippen LogP contribution in [-0.4, -0.2) is 4.21 Å². The number of aryl methyl sites for hydroxylation is 1. The average Bonchev–Trinajstić information content (AvgIpc) is 2.77. The lowest BCUT2D eigenvalue weighted by atomic mass is 10.1. The number of nitrogens with zero attached hydrogens (tertiary/aromatic N) is 1. The van der Waals surface area contributed by atoms with Crippen LogP contribution in [0.3, 0.4) is 0 Å². The Morgan fingerprint density at radius 2 is 1.94 bits per heavy atom. The van der Waals surface area contributed by atoms with Crippen molar-refractivity contribution >= 4 is 16.7 Å². The van der Waals surface area contributed by atoms with Crippen LogP contribution >= 0.6 is 0 Å². The molecule has 3 rings (SSSR count). The lowest BCUT2D eigenvalue weighted by Crippen LogP contribution is -2.17. The average molecular weight is 257 g/mol. The summed E-state index contributed by atoms with van der Waals surface area (Å²) in [4.78, 5) is 0.971. The van der Waals surface area contributed by atoms with E-state index in [1.807, 2.05) is 34.6 Å². The SMILES string of the molecule is CCc1ccc2c(c1)S(=O)N(c1ccccc1)C2. The van der Waals surface area contributed by atoms with Gasteiger partial charge in [0.15, 0.2) is 11.0 Å². The molecule has 0 spiro atoms. The van der Waals surface area contributed by atoms with Gasteiger partial charge in [0.2, 0.25) is 0 Å². The number of hydrogen-bond acceptors (Lipinski definition) is 1. The minimum absolute atomic E-state index is 0.732. The second kappa shape index (κ2) is 4.58. The molecule has 1 aliphatic heterocycles. The Labute approximate surface area is 110 Å². The molecule has 3 heteroatoms. The number of fused-ring (bicyclic) bond motifs is 1. The Kier molecular flexibility index (Phi) is 2.92. The molecule has 0 saturated heterocycles. The van der Waals surface area contributed by atoms with Crippen LogP contribution in [-0.2, 0) is 24.0 Å². The second-order valence-corrected chi connectivity index (χ2v) is 5.80. The van der Waals surface area contributed by atoms with Crippen LogP contribution in [0.2, 0.25) is 0 Å². The van der Waals surface area contributed by atoms with Crippen molar-refractivity contribution in [2.75, 3.05) is 4.31 Å². The lowest BCUT2D eigenvalue weighted by Gasteiger charge is -2.15. The zero-order valence-electron chi connectivity index (χ0n) is 10.3. The maximum Gasteiger partial charge on any atom is 0.153 e. The Bertz CT molecular complexity index is 595. The summed E-state index contributed by atoms with van der Waals surface area (Å²) in [6, 6.07) is 16.3. The zero-order valence-corrected chi connectivity index (χ0v) is 11.1. The van der Waals surface area contributed by atoms with Gasteiger partial charge in [-0.15, -0.1) is 0 Å². The van der Waals surface area contributed by atoms with Crippen LogP contribution in [0.5, 0.6) is 0 Å². The molecule has 2 aromatic rings. The van der Waals surface area contributed by atoms with Gasteiger partial charge in [0.05, 0.1) is 11.4 Å². The van der Waals surface area contributed by atoms with Gasteiger partial charge in [0.25, 0.3) is 0 Å². The van der Waals surface area contributed by atoms with Crippen LogP contribution in [0.1, 0.15) is 18.1 Å². The number of hydrogen-bond donors (Lipinski definition) is 0. The number of rotatable bonds is 2. The predicted molar refractivity (Wildman–Crippen MR) is 74.9 cm³/mol. The molecule has 1 aliphatic rings. The molecule has 0 aromatic heterocycles. The van der Waals surface area contributed by atoms with Crippen LogP contribution < -0.4 is 4.31 Å². The molecule has 1 heterocycles. The highest BCUT2D eigenvalue weighted by molar-refractivity contribution is 7.86. The summed E-state index contributed by atoms with van der Waals surface area (Å²) in [6.07, 6.45) is 0.982. The first-order valence-corrected chi connectivity index (χ1v) is 7.26. The third-order valence-corrected chi connectivity index (χ3v) is 4.78. The Morgan fingerprint density at radius 3 is 2.67 bits per heavy atom. The quantitative estimate of drug-likeness (QED) is 0.808. The maximum absolute atomic E-state index is 12.5. The molecule has 92 valence electrons. The number of para-hydroxylation sites is 1. The topological polar surface area (TPSA) is 20.3 Å². The summed E-state index contributed by atoms with van der Waals surface area (Å²) in [5.41, 5.74) is 3.44. The standard InChI is InChI=1S/C15H15NOS/c1-2-12-8-9-13-11-16(18(17)15(13)10-12)14-6-4-3-5-7-14/h3-10H,2,11H2,1H3. The summed E-state index contributed by atoms with van der Waals surface area (Å²) in [7, 11) is -1.07. The van der Waals surface area contributed by atoms with Crippen LogP contribution in [0.25, 0.3) is 0 Å². The minimum atomic E-state index is -1.07. The van der Waals surface area contributed by atoms with E-state index in [9.17, 15) is 4.21 Å². The Balaban J connectivity index is 1.99. The van der Waals surface area contributed by atoms with Gasteiger partial charge >= 0.3 is 0 Å². The molecule has 0 fully saturated rings. The molecule has 2 nitrogen and oxygen atoms in total. The summed E-state index contributed by atoms with van der Waals surface area (Å²) in [5.74, 6) is 0. The van der Waals surface area contributed by atoms with E-state index in [2.05, 4.69) is 25.1 Å². The van der Waals surface area contributed by atoms with E-state index in [0.717, 1.165) is 23.5 Å². The van der Waals surface area contributed by atoms with Crippen molar-refractivity contribution in [3.8, 4) is 0 Å². The largest absolute Gasteiger partial charge is 0.283 e. The Morgan fingerprint density at radius 1 is 1.17 bits per heavy atom. The fourth-order valence-electron chi connectivity index (χ4n) is 2.23. The van der Waals surface area contributed by atoms with Gasteiger partial charge < -0.3 is 0 Å². The van der Waals surface area contributed by atoms with Crippen molar-refractivity contribution in [1.29, 1.82) is 0 Å². The molecule has 18 heavy (non-hydrogen) atoms. The fraction of sp³-hybridized carbons (Fsp3) is 0.200. The van der Waals surface area contributed by atoms with Crippen molar-refractivity contribution < 1.29 is 4.21 Å². The second-order valence-electron chi connectivity index (χ2n) is 4.42. The van der Waals surface area contributed by atoms with Crippen molar-refractivity contribution in [2.24, 2.45) is 0 Å². The van der Waals surface area contributed by atoms with E-state index in [-0.39, 0.29) is 0 Å². The van der Waals surface area contributed by atoms with Crippen molar-refractivity contribution in [3.05, 3.63) is 59.7 Å². The van der Waals surface area contributed by atoms with Gasteiger partial charge in [0.1, 0.15) is 0 Å². The van der Waals surface area contributed by atoms with Crippen LogP contribution in [0, 0.1) is 0 Å². The molecule has 1 atom stereocenters. The van der Waals surface area contributed by atoms with E-state index in [1.165, 1.54) is 11.1 Å². The van der Waals surface area contributed by atoms with Crippen LogP contribution in [0.4, 0.5) is 5.69 Å². The molecule has 0 aliphatic carbocycles. The van der Waals surface area contributed by atoms with E-state index in [0.29, 0.717) is 0 Å². The molecular formula is C15H15NOS. The summed E-state index contributed by atoms with van der Waals surface area (Å²) < 4.78 is 14.5. The molecule has 1 unspecified atom stereocenters. The van der Waals surface area contributed by atoms with E-state index >= 15 is 0 Å². The van der Waals surface area contributed by atoms with E-state index in [4.69, 9.17) is 0 Å². The van der Waals surface area contributed by atoms with Gasteiger partial charge in [-0.05, 0) is 35.7 Å². The zero-order chi connectivity index (χ0) is 12.5. The highest BCUT2D eigenvalue weighted by Crippen LogP contribution is 2.32. The third-order valence-electron chi connectivity index (χ3n) is 3.29. The molecule has 0 radical (unpaired) electrons. The molecule has 0 bridgehead atoms. The van der Waals surface area contributed by atoms with Crippen molar-refractivity contribution in [1.82, 2.24) is 0 Å². The van der Waals surface area contributed by atoms with Crippen molar-refractivity contribution in [3.63, 3.8) is 0 Å². The minimum Gasteiger partial charge on any atom is -0.283 e. The molecule has 2 aromatic carbocycles. The lowest BCUT2D eigenvalue weighted by molar-refractivity contribution is 0.683. The fourth-order valence-corrected chi connectivity index (χ4v) is 3.64. The summed E-state index contributed by atoms with van der Waals surface area (Å²) in [5, 5.41) is 0. The highest BCUT2D eigenvalue weighted by atomic mass is 32.2. The molecule has 0 amide bonds. The predicted octanol–water partition coefficient (Wildman–Crippen LogP) is 3.29. The first-order valence-electron chi connectivity index (χ1n) is 6.16. The maximum atomic E-state index is 12.5. The summed E-state index contributed by atoms with van der Waals surface area (Å²) in [6.45, 7) is 2.85. The number of anilines is 1. The van der Waals surface area contributed by atoms with Gasteiger partial charge in [-0.3, -0.25) is 4.31 Å². The smallest absolute Gasteiger partial charge is 0.153 e. The van der Waals surface area contributed by atoms with Crippen LogP contribution in [0.15, 0.2) is 53.4 Å². The van der Waals surface area contributed by atoms with E-state index in [1.54, 1.807) is 0 Å². The molecule has 0 N–H and O–H groups in total. The summed E-state index contributed by atoms with van der Waals surface area (Å²) >= 11 is 0. The first-order chi connectivity index (χ1) is 8.79. The molecule has 0 saturated carbocycles. The first kappa shape index (κ1) is 11.5. The van der Waals surface area contributed by atoms with Gasteiger partial charge in [-0.1, -0.05) is 37.3 Å². The monoisotopic (exact) mass is 257 g/mol. The van der Waals surface area contributed by atoms with E-state index < -0.39 is 11.0 Å². The normalized spacial score (nSPS) is 17.8. The highest BCUT2D eigenvalue weighted by Gasteiger charge is 2.27. The Hall–Kier alpha value is -1.61. The van der Waals surface area contributed by atoms with Gasteiger partial charge in [0, 0.05) is 5.69 Å². The third kappa shape index (κ3) is 1.85. The van der Waals surface area contributed by atoms with Gasteiger partial charge in [-0.25, -0.2) is 4.21 Å². The molecular weight excluding hydrogens is 242 g/mol. The van der Waals surface area contributed by atoms with Crippen molar-refractivity contribution in [2.45, 2.75) is 24.8 Å². The number of benzene rings is 2. The van der Waals surface area contributed by atoms with Gasteiger partial charge in [-0.2, -0.15) is 0 Å².